The van der Waals surface area contributed by atoms with Crippen molar-refractivity contribution in [2.75, 3.05) is 6.54 Å². The van der Waals surface area contributed by atoms with Crippen LogP contribution in [0.2, 0.25) is 0 Å². The molecule has 0 bridgehead atoms. The molecule has 3 fully saturated rings. The van der Waals surface area contributed by atoms with Crippen molar-refractivity contribution in [1.29, 1.82) is 0 Å². The van der Waals surface area contributed by atoms with E-state index in [0.717, 1.165) is 12.8 Å². The molecule has 3 aromatic rings. The van der Waals surface area contributed by atoms with Gasteiger partial charge in [0.1, 0.15) is 41.0 Å². The molecule has 4 amide bonds. The number of halogens is 1. The lowest BCUT2D eigenvalue weighted by molar-refractivity contribution is -0.141. The Labute approximate surface area is 306 Å². The third-order valence-corrected chi connectivity index (χ3v) is 12.9. The van der Waals surface area contributed by atoms with Crippen LogP contribution in [0.15, 0.2) is 46.9 Å². The maximum atomic E-state index is 14.5. The number of allylic oxidation sites excluding steroid dienone is 1. The number of nitrogens with one attached hydrogen (secondary N) is 3. The number of rotatable bonds is 7. The molecule has 14 nitrogen and oxygen atoms in total. The van der Waals surface area contributed by atoms with Crippen molar-refractivity contribution in [3.05, 3.63) is 65.5 Å². The van der Waals surface area contributed by atoms with Gasteiger partial charge in [-0.3, -0.25) is 23.9 Å². The first-order valence-corrected chi connectivity index (χ1v) is 19.5. The number of aryl methyl sites for hydroxylation is 2. The lowest BCUT2D eigenvalue weighted by Crippen LogP contribution is -2.58. The molecule has 0 spiro atoms. The highest BCUT2D eigenvalue weighted by Gasteiger charge is 2.63. The lowest BCUT2D eigenvalue weighted by Gasteiger charge is -2.30. The van der Waals surface area contributed by atoms with Crippen molar-refractivity contribution in [3.63, 3.8) is 0 Å². The van der Waals surface area contributed by atoms with E-state index >= 15 is 0 Å². The summed E-state index contributed by atoms with van der Waals surface area (Å²) in [6.45, 7) is 4.87. The number of carbonyl (C=O) groups excluding carboxylic acids is 4. The van der Waals surface area contributed by atoms with Gasteiger partial charge in [0.05, 0.1) is 22.3 Å². The van der Waals surface area contributed by atoms with Crippen molar-refractivity contribution in [2.45, 2.75) is 107 Å². The van der Waals surface area contributed by atoms with E-state index in [4.69, 9.17) is 9.15 Å². The fraction of sp³-hybridized carbons (Fsp3) is 0.514. The molecule has 282 valence electrons. The zero-order valence-electron chi connectivity index (χ0n) is 29.8. The van der Waals surface area contributed by atoms with Gasteiger partial charge in [-0.2, -0.15) is 0 Å². The summed E-state index contributed by atoms with van der Waals surface area (Å²) < 4.78 is 53.2. The number of ether oxygens (including phenoxy) is 1. The summed E-state index contributed by atoms with van der Waals surface area (Å²) in [4.78, 5) is 66.1. The summed E-state index contributed by atoms with van der Waals surface area (Å²) in [6.07, 6.45) is 7.05. The van der Waals surface area contributed by atoms with Crippen LogP contribution in [0.5, 0.6) is 5.88 Å². The van der Waals surface area contributed by atoms with Gasteiger partial charge in [0.25, 0.3) is 11.8 Å². The largest absolute Gasteiger partial charge is 0.471 e. The molecule has 0 unspecified atom stereocenters. The molecular formula is C37H43FN6O8S. The van der Waals surface area contributed by atoms with Crippen molar-refractivity contribution in [1.82, 2.24) is 30.2 Å². The zero-order chi connectivity index (χ0) is 37.7. The van der Waals surface area contributed by atoms with E-state index in [0.29, 0.717) is 42.7 Å². The van der Waals surface area contributed by atoms with Crippen molar-refractivity contribution in [3.8, 4) is 5.88 Å². The quantitative estimate of drug-likeness (QED) is 0.302. The van der Waals surface area contributed by atoms with Gasteiger partial charge in [0.15, 0.2) is 5.76 Å². The Bertz CT molecular complexity index is 2120. The predicted molar refractivity (Wildman–Crippen MR) is 189 cm³/mol. The van der Waals surface area contributed by atoms with E-state index in [9.17, 15) is 32.0 Å². The van der Waals surface area contributed by atoms with Gasteiger partial charge in [-0.25, -0.2) is 22.8 Å². The Morgan fingerprint density at radius 3 is 2.60 bits per heavy atom. The number of furan rings is 1. The Kier molecular flexibility index (Phi) is 9.53. The number of sulfonamides is 1. The van der Waals surface area contributed by atoms with Gasteiger partial charge in [-0.1, -0.05) is 25.0 Å². The predicted octanol–water partition coefficient (Wildman–Crippen LogP) is 3.52. The zero-order valence-corrected chi connectivity index (χ0v) is 30.6. The van der Waals surface area contributed by atoms with Crippen LogP contribution in [0, 0.1) is 25.6 Å². The van der Waals surface area contributed by atoms with E-state index in [2.05, 4.69) is 25.3 Å². The molecule has 4 heterocycles. The minimum atomic E-state index is -4.01. The first kappa shape index (κ1) is 36.5. The maximum absolute atomic E-state index is 14.5. The average Bonchev–Trinajstić information content (AvgIpc) is 3.91. The summed E-state index contributed by atoms with van der Waals surface area (Å²) in [6, 6.07) is 4.98. The van der Waals surface area contributed by atoms with Crippen molar-refractivity contribution < 1.29 is 41.1 Å². The van der Waals surface area contributed by atoms with Gasteiger partial charge < -0.3 is 24.7 Å². The molecule has 2 aliphatic carbocycles. The van der Waals surface area contributed by atoms with Crippen LogP contribution in [-0.4, -0.2) is 81.9 Å². The third kappa shape index (κ3) is 7.37. The Hall–Kier alpha value is -4.86. The molecule has 1 aromatic carbocycles. The highest BCUT2D eigenvalue weighted by Crippen LogP contribution is 2.47. The van der Waals surface area contributed by atoms with Crippen LogP contribution < -0.4 is 20.1 Å². The monoisotopic (exact) mass is 750 g/mol. The fourth-order valence-corrected chi connectivity index (χ4v) is 8.41. The molecule has 0 radical (unpaired) electrons. The second kappa shape index (κ2) is 13.8. The molecular weight excluding hydrogens is 708 g/mol. The molecule has 3 N–H and O–H groups in total. The van der Waals surface area contributed by atoms with E-state index in [1.807, 2.05) is 12.2 Å². The number of amides is 4. The van der Waals surface area contributed by atoms with Crippen molar-refractivity contribution >= 4 is 44.7 Å². The third-order valence-electron chi connectivity index (χ3n) is 10.8. The van der Waals surface area contributed by atoms with Crippen LogP contribution >= 0.6 is 0 Å². The first-order chi connectivity index (χ1) is 25.2. The highest BCUT2D eigenvalue weighted by atomic mass is 32.2. The van der Waals surface area contributed by atoms with Gasteiger partial charge in [-0.05, 0) is 83.6 Å². The minimum absolute atomic E-state index is 0.0213. The summed E-state index contributed by atoms with van der Waals surface area (Å²) in [7, 11) is -4.01. The van der Waals surface area contributed by atoms with Crippen LogP contribution in [0.1, 0.15) is 86.7 Å². The van der Waals surface area contributed by atoms with Crippen LogP contribution in [0.25, 0.3) is 11.0 Å². The van der Waals surface area contributed by atoms with Gasteiger partial charge in [0.2, 0.25) is 27.7 Å². The van der Waals surface area contributed by atoms with E-state index in [-0.39, 0.29) is 43.0 Å². The van der Waals surface area contributed by atoms with Crippen molar-refractivity contribution in [2.24, 2.45) is 5.92 Å². The topological polar surface area (TPSA) is 190 Å². The molecule has 4 aliphatic rings. The second-order valence-corrected chi connectivity index (χ2v) is 17.1. The Morgan fingerprint density at radius 1 is 1.08 bits per heavy atom. The molecule has 2 saturated carbocycles. The SMILES string of the molecule is Cc1ccc(C(=O)N[C@H]2CCCCC/C=C\[C@@H]3C[C@@]3(C(=O)NS(=O)(=O)C3(C)CC3)NC(=O)[C@@H]3C[C@@H](Oc4nc5cc(F)ccc5nc4C)CN3C2=O)o1. The molecule has 1 saturated heterocycles. The van der Waals surface area contributed by atoms with E-state index in [1.165, 1.54) is 29.2 Å². The molecule has 2 aliphatic heterocycles. The maximum Gasteiger partial charge on any atom is 0.287 e. The van der Waals surface area contributed by atoms with Gasteiger partial charge >= 0.3 is 0 Å². The number of aromatic nitrogens is 2. The number of hydrogen-bond donors (Lipinski definition) is 3. The summed E-state index contributed by atoms with van der Waals surface area (Å²) in [5.41, 5.74) is -0.407. The van der Waals surface area contributed by atoms with Gasteiger partial charge in [-0.15, -0.1) is 0 Å². The number of nitrogens with zero attached hydrogens (tertiary/aromatic N) is 3. The van der Waals surface area contributed by atoms with Gasteiger partial charge in [0, 0.05) is 18.4 Å². The second-order valence-electron chi connectivity index (χ2n) is 14.9. The number of fused-ring (bicyclic) bond motifs is 3. The van der Waals surface area contributed by atoms with E-state index < -0.39 is 73.9 Å². The first-order valence-electron chi connectivity index (χ1n) is 18.0. The number of benzene rings is 1. The normalized spacial score (nSPS) is 27.7. The van der Waals surface area contributed by atoms with Crippen LogP contribution in [-0.2, 0) is 24.4 Å². The summed E-state index contributed by atoms with van der Waals surface area (Å²) in [5, 5.41) is 5.65. The van der Waals surface area contributed by atoms with Crippen LogP contribution in [0.3, 0.4) is 0 Å². The average molecular weight is 751 g/mol. The highest BCUT2D eigenvalue weighted by molar-refractivity contribution is 7.91. The molecule has 5 atom stereocenters. The Balaban J connectivity index is 1.20. The smallest absolute Gasteiger partial charge is 0.287 e. The van der Waals surface area contributed by atoms with E-state index in [1.54, 1.807) is 26.8 Å². The molecule has 2 aromatic heterocycles. The number of carbonyl (C=O) groups is 4. The summed E-state index contributed by atoms with van der Waals surface area (Å²) in [5.74, 6) is -2.90. The molecule has 16 heteroatoms. The summed E-state index contributed by atoms with van der Waals surface area (Å²) >= 11 is 0. The van der Waals surface area contributed by atoms with Crippen LogP contribution in [0.4, 0.5) is 4.39 Å². The molecule has 53 heavy (non-hydrogen) atoms. The Morgan fingerprint density at radius 2 is 1.87 bits per heavy atom. The number of hydrogen-bond acceptors (Lipinski definition) is 10. The standard InChI is InChI=1S/C37H43FN6O8S/c1-21-11-14-30(51-21)32(46)40-27-10-8-6-4-5-7-9-23-19-37(23,35(48)43-53(49,50)36(3)15-16-36)42-31(45)29-18-25(20-44(29)34(27)47)52-33-22(2)39-26-13-12-24(38)17-28(26)41-33/h7,9,11-14,17,23,25,27,29H,4-6,8,10,15-16,18-20H2,1-3H3,(H,40,46)(H,42,45)(H,43,48)/b9-7-/t23-,25-,27+,29+,37-/m1/s1. The minimum Gasteiger partial charge on any atom is -0.471 e. The fourth-order valence-electron chi connectivity index (χ4n) is 7.10. The lowest BCUT2D eigenvalue weighted by atomic mass is 10.0. The molecule has 7 rings (SSSR count).